The quantitative estimate of drug-likeness (QED) is 0.877. The highest BCUT2D eigenvalue weighted by atomic mass is 32.2. The van der Waals surface area contributed by atoms with E-state index in [2.05, 4.69) is 10.3 Å². The summed E-state index contributed by atoms with van der Waals surface area (Å²) in [7, 11) is 0. The topological polar surface area (TPSA) is 84.5 Å². The molecule has 0 unspecified atom stereocenters. The van der Waals surface area contributed by atoms with E-state index in [1.165, 1.54) is 0 Å². The van der Waals surface area contributed by atoms with Gasteiger partial charge in [-0.2, -0.15) is 4.99 Å². The van der Waals surface area contributed by atoms with E-state index < -0.39 is 5.25 Å². The van der Waals surface area contributed by atoms with Crippen molar-refractivity contribution in [3.63, 3.8) is 0 Å². The standard InChI is InChI=1S/C13H15N3O2S/c1-2-8-5-3-4-6-9(8)15-12(18)10-7-11(17)16-13(14)19-10/h3-6,10H,2,7H2,1H3,(H,15,18)(H2,14,16,17)/t10-/m1/s1. The lowest BCUT2D eigenvalue weighted by Gasteiger charge is -2.18. The number of amidine groups is 1. The van der Waals surface area contributed by atoms with Crippen LogP contribution in [0.1, 0.15) is 18.9 Å². The number of para-hydroxylation sites is 1. The number of aliphatic imine (C=N–C) groups is 1. The third-order valence-electron chi connectivity index (χ3n) is 2.81. The number of anilines is 1. The summed E-state index contributed by atoms with van der Waals surface area (Å²) in [6.45, 7) is 2.02. The van der Waals surface area contributed by atoms with E-state index in [0.29, 0.717) is 0 Å². The number of nitrogens with one attached hydrogen (secondary N) is 1. The Kier molecular flexibility index (Phi) is 4.21. The van der Waals surface area contributed by atoms with Crippen LogP contribution < -0.4 is 11.1 Å². The average Bonchev–Trinajstić information content (AvgIpc) is 2.38. The molecular weight excluding hydrogens is 262 g/mol. The second-order valence-corrected chi connectivity index (χ2v) is 5.38. The van der Waals surface area contributed by atoms with Crippen molar-refractivity contribution in [2.75, 3.05) is 5.32 Å². The van der Waals surface area contributed by atoms with Crippen LogP contribution in [0.4, 0.5) is 5.69 Å². The van der Waals surface area contributed by atoms with Crippen molar-refractivity contribution in [3.05, 3.63) is 29.8 Å². The van der Waals surface area contributed by atoms with Crippen molar-refractivity contribution >= 4 is 34.4 Å². The number of benzene rings is 1. The molecule has 0 saturated carbocycles. The molecule has 0 aliphatic carbocycles. The van der Waals surface area contributed by atoms with Crippen LogP contribution in [0, 0.1) is 0 Å². The van der Waals surface area contributed by atoms with E-state index in [4.69, 9.17) is 5.73 Å². The van der Waals surface area contributed by atoms with Crippen LogP contribution in [0.25, 0.3) is 0 Å². The molecule has 1 aliphatic rings. The fraction of sp³-hybridized carbons (Fsp3) is 0.308. The van der Waals surface area contributed by atoms with Crippen molar-refractivity contribution in [2.24, 2.45) is 10.7 Å². The third kappa shape index (κ3) is 3.35. The Morgan fingerprint density at radius 3 is 2.95 bits per heavy atom. The molecule has 3 N–H and O–H groups in total. The molecule has 1 atom stereocenters. The monoisotopic (exact) mass is 277 g/mol. The number of carbonyl (C=O) groups is 2. The number of rotatable bonds is 3. The van der Waals surface area contributed by atoms with Gasteiger partial charge in [0.15, 0.2) is 5.17 Å². The van der Waals surface area contributed by atoms with Crippen LogP contribution in [0.2, 0.25) is 0 Å². The SMILES string of the molecule is CCc1ccccc1NC(=O)[C@H]1CC(=O)N=C(N)S1. The first-order valence-electron chi connectivity index (χ1n) is 6.02. The van der Waals surface area contributed by atoms with Gasteiger partial charge in [-0.1, -0.05) is 36.9 Å². The molecule has 1 aromatic rings. The Hall–Kier alpha value is -1.82. The summed E-state index contributed by atoms with van der Waals surface area (Å²) in [5, 5.41) is 2.50. The fourth-order valence-corrected chi connectivity index (χ4v) is 2.69. The van der Waals surface area contributed by atoms with Crippen molar-refractivity contribution in [3.8, 4) is 0 Å². The molecule has 0 radical (unpaired) electrons. The van der Waals surface area contributed by atoms with Gasteiger partial charge in [0.2, 0.25) is 11.8 Å². The highest BCUT2D eigenvalue weighted by Gasteiger charge is 2.28. The van der Waals surface area contributed by atoms with Gasteiger partial charge in [-0.25, -0.2) is 0 Å². The number of carbonyl (C=O) groups excluding carboxylic acids is 2. The Balaban J connectivity index is 2.09. The molecule has 6 heteroatoms. The maximum absolute atomic E-state index is 12.1. The Morgan fingerprint density at radius 1 is 1.53 bits per heavy atom. The Morgan fingerprint density at radius 2 is 2.26 bits per heavy atom. The smallest absolute Gasteiger partial charge is 0.249 e. The van der Waals surface area contributed by atoms with E-state index in [9.17, 15) is 9.59 Å². The average molecular weight is 277 g/mol. The molecule has 2 amide bonds. The summed E-state index contributed by atoms with van der Waals surface area (Å²) >= 11 is 1.13. The predicted molar refractivity (Wildman–Crippen MR) is 77.1 cm³/mol. The van der Waals surface area contributed by atoms with Crippen molar-refractivity contribution in [2.45, 2.75) is 25.0 Å². The molecule has 1 aliphatic heterocycles. The Labute approximate surface area is 115 Å². The van der Waals surface area contributed by atoms with Gasteiger partial charge in [0.05, 0.1) is 6.42 Å². The minimum atomic E-state index is -0.505. The van der Waals surface area contributed by atoms with Gasteiger partial charge in [0.1, 0.15) is 5.25 Å². The Bertz CT molecular complexity index is 542. The number of aryl methyl sites for hydroxylation is 1. The van der Waals surface area contributed by atoms with Gasteiger partial charge in [0, 0.05) is 5.69 Å². The molecule has 1 aromatic carbocycles. The zero-order valence-corrected chi connectivity index (χ0v) is 11.4. The molecule has 5 nitrogen and oxygen atoms in total. The highest BCUT2D eigenvalue weighted by Crippen LogP contribution is 2.23. The molecule has 0 aromatic heterocycles. The number of nitrogens with zero attached hydrogens (tertiary/aromatic N) is 1. The van der Waals surface area contributed by atoms with E-state index in [1.807, 2.05) is 31.2 Å². The lowest BCUT2D eigenvalue weighted by Crippen LogP contribution is -2.33. The van der Waals surface area contributed by atoms with E-state index in [1.54, 1.807) is 0 Å². The van der Waals surface area contributed by atoms with Gasteiger partial charge in [-0.3, -0.25) is 9.59 Å². The summed E-state index contributed by atoms with van der Waals surface area (Å²) in [6.07, 6.45) is 0.919. The maximum Gasteiger partial charge on any atom is 0.249 e. The molecule has 100 valence electrons. The third-order valence-corrected chi connectivity index (χ3v) is 3.80. The summed E-state index contributed by atoms with van der Waals surface area (Å²) in [6, 6.07) is 7.61. The first-order chi connectivity index (χ1) is 9.10. The minimum Gasteiger partial charge on any atom is -0.378 e. The van der Waals surface area contributed by atoms with Crippen LogP contribution in [0.5, 0.6) is 0 Å². The zero-order chi connectivity index (χ0) is 13.8. The summed E-state index contributed by atoms with van der Waals surface area (Å²) in [4.78, 5) is 27.0. The van der Waals surface area contributed by atoms with Crippen LogP contribution in [0.15, 0.2) is 29.3 Å². The van der Waals surface area contributed by atoms with Gasteiger partial charge < -0.3 is 11.1 Å². The van der Waals surface area contributed by atoms with Crippen molar-refractivity contribution < 1.29 is 9.59 Å². The van der Waals surface area contributed by atoms with Crippen LogP contribution in [-0.4, -0.2) is 22.2 Å². The second-order valence-electron chi connectivity index (χ2n) is 4.15. The normalized spacial score (nSPS) is 18.9. The number of hydrogen-bond donors (Lipinski definition) is 2. The summed E-state index contributed by atoms with van der Waals surface area (Å²) in [5.41, 5.74) is 7.36. The van der Waals surface area contributed by atoms with E-state index in [-0.39, 0.29) is 23.4 Å². The first kappa shape index (κ1) is 13.6. The first-order valence-corrected chi connectivity index (χ1v) is 6.90. The number of hydrogen-bond acceptors (Lipinski definition) is 4. The lowest BCUT2D eigenvalue weighted by molar-refractivity contribution is -0.121. The summed E-state index contributed by atoms with van der Waals surface area (Å²) in [5.74, 6) is -0.558. The molecule has 0 bridgehead atoms. The molecule has 19 heavy (non-hydrogen) atoms. The maximum atomic E-state index is 12.1. The van der Waals surface area contributed by atoms with Gasteiger partial charge in [0.25, 0.3) is 0 Å². The fourth-order valence-electron chi connectivity index (χ4n) is 1.85. The number of amides is 2. The lowest BCUT2D eigenvalue weighted by atomic mass is 10.1. The van der Waals surface area contributed by atoms with Crippen LogP contribution in [0.3, 0.4) is 0 Å². The summed E-state index contributed by atoms with van der Waals surface area (Å²) < 4.78 is 0. The second kappa shape index (κ2) is 5.88. The number of thioether (sulfide) groups is 1. The van der Waals surface area contributed by atoms with E-state index >= 15 is 0 Å². The van der Waals surface area contributed by atoms with Gasteiger partial charge in [-0.05, 0) is 18.1 Å². The van der Waals surface area contributed by atoms with E-state index in [0.717, 1.165) is 29.4 Å². The molecule has 2 rings (SSSR count). The van der Waals surface area contributed by atoms with Gasteiger partial charge in [-0.15, -0.1) is 0 Å². The van der Waals surface area contributed by atoms with Crippen molar-refractivity contribution in [1.82, 2.24) is 0 Å². The van der Waals surface area contributed by atoms with Crippen LogP contribution in [-0.2, 0) is 16.0 Å². The molecular formula is C13H15N3O2S. The molecule has 0 saturated heterocycles. The minimum absolute atomic E-state index is 0.0888. The molecule has 1 heterocycles. The number of nitrogens with two attached hydrogens (primary N) is 1. The molecule has 0 spiro atoms. The largest absolute Gasteiger partial charge is 0.378 e. The highest BCUT2D eigenvalue weighted by molar-refractivity contribution is 8.15. The van der Waals surface area contributed by atoms with Crippen LogP contribution >= 0.6 is 11.8 Å². The predicted octanol–water partition coefficient (Wildman–Crippen LogP) is 1.53. The zero-order valence-electron chi connectivity index (χ0n) is 10.6. The van der Waals surface area contributed by atoms with Gasteiger partial charge >= 0.3 is 0 Å². The molecule has 0 fully saturated rings. The van der Waals surface area contributed by atoms with Crippen molar-refractivity contribution in [1.29, 1.82) is 0 Å².